The molecule has 20 heavy (non-hydrogen) atoms. The van der Waals surface area contributed by atoms with Gasteiger partial charge in [-0.15, -0.1) is 16.4 Å². The van der Waals surface area contributed by atoms with Crippen LogP contribution in [0.4, 0.5) is 0 Å². The largest absolute Gasteiger partial charge is 0.364 e. The Hall–Kier alpha value is -1.76. The molecule has 0 spiro atoms. The molecule has 0 saturated heterocycles. The molecule has 106 valence electrons. The van der Waals surface area contributed by atoms with Gasteiger partial charge in [-0.25, -0.2) is 9.67 Å². The quantitative estimate of drug-likeness (QED) is 0.932. The zero-order valence-electron chi connectivity index (χ0n) is 11.2. The van der Waals surface area contributed by atoms with Crippen molar-refractivity contribution in [1.82, 2.24) is 20.0 Å². The molecule has 2 N–H and O–H groups in total. The van der Waals surface area contributed by atoms with Gasteiger partial charge in [0.2, 0.25) is 0 Å². The third kappa shape index (κ3) is 2.87. The lowest BCUT2D eigenvalue weighted by Crippen LogP contribution is -2.11. The van der Waals surface area contributed by atoms with Crippen molar-refractivity contribution in [1.29, 1.82) is 0 Å². The highest BCUT2D eigenvalue weighted by Gasteiger charge is 2.18. The zero-order valence-corrected chi connectivity index (χ0v) is 12.0. The smallest absolute Gasteiger partial charge is 0.270 e. The number of thiazole rings is 1. The van der Waals surface area contributed by atoms with Crippen LogP contribution in [0.5, 0.6) is 0 Å². The Labute approximate surface area is 121 Å². The predicted octanol–water partition coefficient (Wildman–Crippen LogP) is 1.93. The van der Waals surface area contributed by atoms with Crippen molar-refractivity contribution in [3.05, 3.63) is 28.0 Å². The first-order valence-electron chi connectivity index (χ1n) is 6.86. The van der Waals surface area contributed by atoms with Crippen molar-refractivity contribution in [3.8, 4) is 0 Å². The van der Waals surface area contributed by atoms with Gasteiger partial charge in [-0.3, -0.25) is 4.79 Å². The molecule has 0 bridgehead atoms. The Morgan fingerprint density at radius 2 is 2.20 bits per heavy atom. The van der Waals surface area contributed by atoms with E-state index < -0.39 is 5.91 Å². The molecular formula is C13H17N5OS. The van der Waals surface area contributed by atoms with Gasteiger partial charge in [0.05, 0.1) is 18.4 Å². The molecule has 7 heteroatoms. The van der Waals surface area contributed by atoms with Crippen LogP contribution in [0.2, 0.25) is 0 Å². The number of nitrogens with zero attached hydrogens (tertiary/aromatic N) is 4. The molecule has 0 aliphatic heterocycles. The van der Waals surface area contributed by atoms with Crippen LogP contribution >= 0.6 is 11.3 Å². The molecule has 1 amide bonds. The number of primary amides is 1. The minimum atomic E-state index is -0.557. The predicted molar refractivity (Wildman–Crippen MR) is 75.6 cm³/mol. The first kappa shape index (κ1) is 13.2. The average Bonchev–Trinajstić information content (AvgIpc) is 3.10. The molecule has 2 heterocycles. The number of rotatable bonds is 4. The number of amides is 1. The summed E-state index contributed by atoms with van der Waals surface area (Å²) in [6.07, 6.45) is 8.02. The summed E-state index contributed by atoms with van der Waals surface area (Å²) in [5.41, 5.74) is 6.55. The summed E-state index contributed by atoms with van der Waals surface area (Å²) in [6, 6.07) is 0. The Balaban J connectivity index is 1.68. The highest BCUT2D eigenvalue weighted by Crippen LogP contribution is 2.33. The van der Waals surface area contributed by atoms with Crippen LogP contribution in [0.15, 0.2) is 11.6 Å². The topological polar surface area (TPSA) is 86.7 Å². The van der Waals surface area contributed by atoms with E-state index in [1.54, 1.807) is 22.2 Å². The van der Waals surface area contributed by atoms with Crippen LogP contribution in [-0.4, -0.2) is 25.9 Å². The highest BCUT2D eigenvalue weighted by molar-refractivity contribution is 7.09. The standard InChI is InChI=1S/C13H17N5OS/c14-13(19)10-6-18(17-16-10)7-12-15-11(8-20-12)9-4-2-1-3-5-9/h6,8-9H,1-5,7H2,(H2,14,19). The minimum absolute atomic E-state index is 0.189. The number of hydrogen-bond acceptors (Lipinski definition) is 5. The molecule has 1 aliphatic rings. The summed E-state index contributed by atoms with van der Waals surface area (Å²) in [7, 11) is 0. The molecule has 0 unspecified atom stereocenters. The normalized spacial score (nSPS) is 16.4. The Bertz CT molecular complexity index is 599. The van der Waals surface area contributed by atoms with E-state index in [1.807, 2.05) is 0 Å². The van der Waals surface area contributed by atoms with Gasteiger partial charge in [-0.05, 0) is 12.8 Å². The molecule has 2 aromatic rings. The van der Waals surface area contributed by atoms with E-state index in [2.05, 4.69) is 15.7 Å². The van der Waals surface area contributed by atoms with E-state index in [0.717, 1.165) is 5.01 Å². The number of hydrogen-bond donors (Lipinski definition) is 1. The van der Waals surface area contributed by atoms with Crippen molar-refractivity contribution in [3.63, 3.8) is 0 Å². The first-order valence-corrected chi connectivity index (χ1v) is 7.74. The van der Waals surface area contributed by atoms with Crippen LogP contribution in [0.1, 0.15) is 59.2 Å². The summed E-state index contributed by atoms with van der Waals surface area (Å²) in [6.45, 7) is 0.539. The summed E-state index contributed by atoms with van der Waals surface area (Å²) in [5, 5.41) is 10.8. The van der Waals surface area contributed by atoms with Crippen LogP contribution in [0.3, 0.4) is 0 Å². The lowest BCUT2D eigenvalue weighted by Gasteiger charge is -2.19. The average molecular weight is 291 g/mol. The lowest BCUT2D eigenvalue weighted by atomic mass is 9.87. The van der Waals surface area contributed by atoms with Gasteiger partial charge < -0.3 is 5.73 Å². The second-order valence-corrected chi connectivity index (χ2v) is 6.11. The second kappa shape index (κ2) is 5.70. The second-order valence-electron chi connectivity index (χ2n) is 5.17. The maximum absolute atomic E-state index is 11.0. The third-order valence-corrected chi connectivity index (χ3v) is 4.53. The van der Waals surface area contributed by atoms with E-state index >= 15 is 0 Å². The van der Waals surface area contributed by atoms with E-state index in [4.69, 9.17) is 10.7 Å². The van der Waals surface area contributed by atoms with Crippen LogP contribution < -0.4 is 5.73 Å². The fourth-order valence-electron chi connectivity index (χ4n) is 2.61. The van der Waals surface area contributed by atoms with E-state index in [-0.39, 0.29) is 5.69 Å². The molecule has 0 atom stereocenters. The fourth-order valence-corrected chi connectivity index (χ4v) is 3.48. The number of carbonyl (C=O) groups is 1. The Morgan fingerprint density at radius 3 is 2.90 bits per heavy atom. The van der Waals surface area contributed by atoms with Crippen LogP contribution in [0, 0.1) is 0 Å². The maximum atomic E-state index is 11.0. The van der Waals surface area contributed by atoms with Crippen LogP contribution in [0.25, 0.3) is 0 Å². The fraction of sp³-hybridized carbons (Fsp3) is 0.538. The van der Waals surface area contributed by atoms with Crippen molar-refractivity contribution < 1.29 is 4.79 Å². The number of aromatic nitrogens is 4. The van der Waals surface area contributed by atoms with Gasteiger partial charge in [0.1, 0.15) is 5.01 Å². The Kier molecular flexibility index (Phi) is 3.77. The molecule has 0 radical (unpaired) electrons. The third-order valence-electron chi connectivity index (χ3n) is 3.68. The number of carbonyl (C=O) groups excluding carboxylic acids is 1. The van der Waals surface area contributed by atoms with Gasteiger partial charge in [-0.2, -0.15) is 0 Å². The maximum Gasteiger partial charge on any atom is 0.270 e. The summed E-state index contributed by atoms with van der Waals surface area (Å²) < 4.78 is 1.60. The van der Waals surface area contributed by atoms with Crippen molar-refractivity contribution in [2.75, 3.05) is 0 Å². The van der Waals surface area contributed by atoms with Crippen molar-refractivity contribution >= 4 is 17.2 Å². The molecule has 1 aliphatic carbocycles. The SMILES string of the molecule is NC(=O)c1cn(Cc2nc(C3CCCCC3)cs2)nn1. The molecule has 6 nitrogen and oxygen atoms in total. The summed E-state index contributed by atoms with van der Waals surface area (Å²) in [4.78, 5) is 15.7. The molecule has 0 aromatic carbocycles. The zero-order chi connectivity index (χ0) is 13.9. The van der Waals surface area contributed by atoms with Gasteiger partial charge >= 0.3 is 0 Å². The van der Waals surface area contributed by atoms with Gasteiger partial charge in [0, 0.05) is 11.3 Å². The summed E-state index contributed by atoms with van der Waals surface area (Å²) in [5.74, 6) is 0.0592. The monoisotopic (exact) mass is 291 g/mol. The van der Waals surface area contributed by atoms with Gasteiger partial charge in [0.25, 0.3) is 5.91 Å². The van der Waals surface area contributed by atoms with Gasteiger partial charge in [0.15, 0.2) is 5.69 Å². The minimum Gasteiger partial charge on any atom is -0.364 e. The molecule has 2 aromatic heterocycles. The molecule has 1 fully saturated rings. The highest BCUT2D eigenvalue weighted by atomic mass is 32.1. The molecular weight excluding hydrogens is 274 g/mol. The van der Waals surface area contributed by atoms with E-state index in [0.29, 0.717) is 12.5 Å². The van der Waals surface area contributed by atoms with Gasteiger partial charge in [-0.1, -0.05) is 24.5 Å². The van der Waals surface area contributed by atoms with Crippen LogP contribution in [-0.2, 0) is 6.54 Å². The lowest BCUT2D eigenvalue weighted by molar-refractivity contribution is 0.0995. The van der Waals surface area contributed by atoms with E-state index in [9.17, 15) is 4.79 Å². The first-order chi connectivity index (χ1) is 9.72. The molecule has 3 rings (SSSR count). The van der Waals surface area contributed by atoms with Crippen molar-refractivity contribution in [2.45, 2.75) is 44.6 Å². The number of nitrogens with two attached hydrogens (primary N) is 1. The molecule has 1 saturated carbocycles. The van der Waals surface area contributed by atoms with E-state index in [1.165, 1.54) is 37.8 Å². The Morgan fingerprint density at radius 1 is 1.40 bits per heavy atom. The summed E-state index contributed by atoms with van der Waals surface area (Å²) >= 11 is 1.64. The van der Waals surface area contributed by atoms with Crippen molar-refractivity contribution in [2.24, 2.45) is 5.73 Å².